The number of carbonyl (C=O) groups excluding carboxylic acids is 1. The van der Waals surface area contributed by atoms with Gasteiger partial charge in [-0.15, -0.1) is 0 Å². The number of aliphatic hydroxyl groups excluding tert-OH is 1. The van der Waals surface area contributed by atoms with Gasteiger partial charge in [-0.1, -0.05) is 0 Å². The van der Waals surface area contributed by atoms with Crippen LogP contribution in [0.25, 0.3) is 0 Å². The van der Waals surface area contributed by atoms with Crippen molar-refractivity contribution in [1.29, 1.82) is 0 Å². The molecular weight excluding hydrogens is 200 g/mol. The van der Waals surface area contributed by atoms with Crippen molar-refractivity contribution in [3.05, 3.63) is 0 Å². The number of aliphatic hydroxyl groups is 1. The van der Waals surface area contributed by atoms with Crippen LogP contribution in [0, 0.1) is 0 Å². The minimum atomic E-state index is -0.325. The number of hydrogen-bond acceptors (Lipinski definition) is 5. The van der Waals surface area contributed by atoms with Gasteiger partial charge < -0.3 is 19.3 Å². The number of unbranched alkanes of at least 4 members (excludes halogenated alkanes) is 1. The topological polar surface area (TPSA) is 65.0 Å². The number of hydrogen-bond donors (Lipinski definition) is 1. The maximum atomic E-state index is 10.8. The Labute approximate surface area is 90.3 Å². The highest BCUT2D eigenvalue weighted by molar-refractivity contribution is 5.70. The Bertz CT molecular complexity index is 149. The summed E-state index contributed by atoms with van der Waals surface area (Å²) < 4.78 is 14.8. The summed E-state index contributed by atoms with van der Waals surface area (Å²) in [5.74, 6) is -0.325. The lowest BCUT2D eigenvalue weighted by Gasteiger charge is -2.04. The van der Waals surface area contributed by atoms with Crippen LogP contribution in [0.3, 0.4) is 0 Å². The zero-order valence-electron chi connectivity index (χ0n) is 9.24. The molecule has 0 aliphatic rings. The molecule has 0 aliphatic heterocycles. The van der Waals surface area contributed by atoms with E-state index in [-0.39, 0.29) is 19.2 Å². The van der Waals surface area contributed by atoms with Crippen LogP contribution in [0.4, 0.5) is 0 Å². The fourth-order valence-corrected chi connectivity index (χ4v) is 0.933. The summed E-state index contributed by atoms with van der Waals surface area (Å²) in [6.07, 6.45) is 1.70. The fraction of sp³-hybridized carbons (Fsp3) is 0.900. The molecule has 0 bridgehead atoms. The Balaban J connectivity index is 3.01. The molecule has 0 rings (SSSR count). The molecule has 90 valence electrons. The van der Waals surface area contributed by atoms with Crippen molar-refractivity contribution in [3.8, 4) is 0 Å². The van der Waals surface area contributed by atoms with E-state index in [0.717, 1.165) is 12.8 Å². The zero-order valence-corrected chi connectivity index (χ0v) is 9.24. The number of rotatable bonds is 10. The molecule has 0 amide bonds. The first-order valence-electron chi connectivity index (χ1n) is 5.23. The molecule has 0 heterocycles. The number of ether oxygens (including phenoxy) is 3. The van der Waals surface area contributed by atoms with E-state index < -0.39 is 0 Å². The first kappa shape index (κ1) is 14.3. The maximum Gasteiger partial charge on any atom is 0.332 e. The van der Waals surface area contributed by atoms with Crippen LogP contribution in [0.5, 0.6) is 0 Å². The smallest absolute Gasteiger partial charge is 0.332 e. The van der Waals surface area contributed by atoms with E-state index in [2.05, 4.69) is 4.74 Å². The molecule has 0 aliphatic carbocycles. The van der Waals surface area contributed by atoms with Crippen LogP contribution in [-0.4, -0.2) is 50.7 Å². The van der Waals surface area contributed by atoms with Gasteiger partial charge >= 0.3 is 5.97 Å². The molecular formula is C10H20O5. The average Bonchev–Trinajstić information content (AvgIpc) is 2.22. The Morgan fingerprint density at radius 1 is 1.13 bits per heavy atom. The van der Waals surface area contributed by atoms with E-state index in [9.17, 15) is 4.79 Å². The quantitative estimate of drug-likeness (QED) is 0.425. The molecule has 0 spiro atoms. The summed E-state index contributed by atoms with van der Waals surface area (Å²) in [5.41, 5.74) is 0. The fourth-order valence-electron chi connectivity index (χ4n) is 0.933. The third-order valence-electron chi connectivity index (χ3n) is 1.59. The van der Waals surface area contributed by atoms with Crippen LogP contribution in [-0.2, 0) is 19.0 Å². The average molecular weight is 220 g/mol. The van der Waals surface area contributed by atoms with Gasteiger partial charge in [-0.05, 0) is 19.8 Å². The second kappa shape index (κ2) is 11.4. The summed E-state index contributed by atoms with van der Waals surface area (Å²) in [4.78, 5) is 10.8. The predicted molar refractivity (Wildman–Crippen MR) is 54.6 cm³/mol. The first-order valence-corrected chi connectivity index (χ1v) is 5.23. The van der Waals surface area contributed by atoms with Crippen molar-refractivity contribution in [3.63, 3.8) is 0 Å². The highest BCUT2D eigenvalue weighted by atomic mass is 16.6. The van der Waals surface area contributed by atoms with Gasteiger partial charge in [-0.3, -0.25) is 0 Å². The Morgan fingerprint density at radius 2 is 1.80 bits per heavy atom. The summed E-state index contributed by atoms with van der Waals surface area (Å²) in [7, 11) is 0. The van der Waals surface area contributed by atoms with Gasteiger partial charge in [0.15, 0.2) is 0 Å². The third kappa shape index (κ3) is 11.3. The van der Waals surface area contributed by atoms with Crippen LogP contribution in [0.2, 0.25) is 0 Å². The number of esters is 1. The molecule has 5 heteroatoms. The molecule has 0 aromatic heterocycles. The second-order valence-corrected chi connectivity index (χ2v) is 2.90. The molecule has 0 aromatic rings. The monoisotopic (exact) mass is 220 g/mol. The van der Waals surface area contributed by atoms with Gasteiger partial charge in [0.1, 0.15) is 6.61 Å². The zero-order chi connectivity index (χ0) is 11.4. The normalized spacial score (nSPS) is 10.3. The van der Waals surface area contributed by atoms with Gasteiger partial charge in [-0.2, -0.15) is 0 Å². The van der Waals surface area contributed by atoms with Crippen molar-refractivity contribution >= 4 is 5.97 Å². The van der Waals surface area contributed by atoms with E-state index in [1.54, 1.807) is 6.92 Å². The van der Waals surface area contributed by atoms with Crippen LogP contribution in [0.1, 0.15) is 19.8 Å². The van der Waals surface area contributed by atoms with Gasteiger partial charge in [0, 0.05) is 13.2 Å². The third-order valence-corrected chi connectivity index (χ3v) is 1.59. The van der Waals surface area contributed by atoms with Crippen LogP contribution in [0.15, 0.2) is 0 Å². The van der Waals surface area contributed by atoms with Crippen LogP contribution >= 0.6 is 0 Å². The molecule has 0 saturated carbocycles. The Kier molecular flexibility index (Phi) is 10.9. The molecule has 0 atom stereocenters. The Hall–Kier alpha value is -0.650. The number of carbonyl (C=O) groups is 1. The predicted octanol–water partition coefficient (Wildman–Crippen LogP) is 0.355. The molecule has 0 fully saturated rings. The lowest BCUT2D eigenvalue weighted by molar-refractivity contribution is -0.148. The van der Waals surface area contributed by atoms with Crippen molar-refractivity contribution in [2.24, 2.45) is 0 Å². The summed E-state index contributed by atoms with van der Waals surface area (Å²) in [6.45, 7) is 3.74. The molecule has 0 aromatic carbocycles. The standard InChI is InChI=1S/C10H20O5/c1-2-15-10(12)9-14-7-4-3-6-13-8-5-11/h11H,2-9H2,1H3. The van der Waals surface area contributed by atoms with Crippen molar-refractivity contribution in [2.75, 3.05) is 39.6 Å². The van der Waals surface area contributed by atoms with Gasteiger partial charge in [0.2, 0.25) is 0 Å². The van der Waals surface area contributed by atoms with E-state index >= 15 is 0 Å². The Morgan fingerprint density at radius 3 is 2.40 bits per heavy atom. The highest BCUT2D eigenvalue weighted by Crippen LogP contribution is 1.92. The van der Waals surface area contributed by atoms with Gasteiger partial charge in [0.05, 0.1) is 19.8 Å². The summed E-state index contributed by atoms with van der Waals surface area (Å²) in [6, 6.07) is 0. The molecule has 15 heavy (non-hydrogen) atoms. The van der Waals surface area contributed by atoms with Crippen molar-refractivity contribution < 1.29 is 24.1 Å². The van der Waals surface area contributed by atoms with Gasteiger partial charge in [0.25, 0.3) is 0 Å². The van der Waals surface area contributed by atoms with E-state index in [1.165, 1.54) is 0 Å². The summed E-state index contributed by atoms with van der Waals surface area (Å²) in [5, 5.41) is 8.42. The molecule has 0 unspecified atom stereocenters. The largest absolute Gasteiger partial charge is 0.464 e. The second-order valence-electron chi connectivity index (χ2n) is 2.90. The van der Waals surface area contributed by atoms with Crippen molar-refractivity contribution in [2.45, 2.75) is 19.8 Å². The molecule has 0 radical (unpaired) electrons. The molecule has 1 N–H and O–H groups in total. The molecule has 0 saturated heterocycles. The van der Waals surface area contributed by atoms with Crippen LogP contribution < -0.4 is 0 Å². The van der Waals surface area contributed by atoms with E-state index in [4.69, 9.17) is 14.6 Å². The summed E-state index contributed by atoms with van der Waals surface area (Å²) >= 11 is 0. The minimum absolute atomic E-state index is 0.0192. The lowest BCUT2D eigenvalue weighted by atomic mass is 10.3. The first-order chi connectivity index (χ1) is 7.31. The van der Waals surface area contributed by atoms with E-state index in [1.807, 2.05) is 0 Å². The minimum Gasteiger partial charge on any atom is -0.464 e. The SMILES string of the molecule is CCOC(=O)COCCCCOCCO. The lowest BCUT2D eigenvalue weighted by Crippen LogP contribution is -2.13. The maximum absolute atomic E-state index is 10.8. The molecule has 5 nitrogen and oxygen atoms in total. The van der Waals surface area contributed by atoms with Crippen molar-refractivity contribution in [1.82, 2.24) is 0 Å². The van der Waals surface area contributed by atoms with E-state index in [0.29, 0.717) is 26.4 Å². The highest BCUT2D eigenvalue weighted by Gasteiger charge is 2.00. The van der Waals surface area contributed by atoms with Gasteiger partial charge in [-0.25, -0.2) is 4.79 Å².